The molecule has 1 aromatic heterocycles. The summed E-state index contributed by atoms with van der Waals surface area (Å²) in [5.74, 6) is 0.574. The Hall–Kier alpha value is -4.54. The number of ketones is 1. The van der Waals surface area contributed by atoms with Crippen LogP contribution in [0.15, 0.2) is 63.4 Å². The van der Waals surface area contributed by atoms with Gasteiger partial charge in [0.1, 0.15) is 11.6 Å². The van der Waals surface area contributed by atoms with Gasteiger partial charge in [0.05, 0.1) is 44.6 Å². The first-order chi connectivity index (χ1) is 21.3. The monoisotopic (exact) mass is 632 g/mol. The number of benzene rings is 2. The van der Waals surface area contributed by atoms with Crippen LogP contribution in [0.3, 0.4) is 0 Å². The van der Waals surface area contributed by atoms with Crippen molar-refractivity contribution in [2.75, 3.05) is 37.3 Å². The van der Waals surface area contributed by atoms with Gasteiger partial charge in [0.25, 0.3) is 0 Å². The lowest BCUT2D eigenvalue weighted by Gasteiger charge is -2.38. The topological polar surface area (TPSA) is 153 Å². The third-order valence-corrected chi connectivity index (χ3v) is 9.56. The van der Waals surface area contributed by atoms with E-state index in [4.69, 9.17) is 19.9 Å². The maximum atomic E-state index is 13.6. The van der Waals surface area contributed by atoms with Crippen molar-refractivity contribution < 1.29 is 23.8 Å². The number of thioether (sulfide) groups is 1. The Bertz CT molecular complexity index is 1690. The van der Waals surface area contributed by atoms with Crippen LogP contribution in [0.2, 0.25) is 0 Å². The minimum absolute atomic E-state index is 0.0823. The van der Waals surface area contributed by atoms with Gasteiger partial charge in [0.2, 0.25) is 11.0 Å². The molecule has 0 saturated heterocycles. The number of nitriles is 1. The van der Waals surface area contributed by atoms with Crippen LogP contribution in [0.25, 0.3) is 0 Å². The van der Waals surface area contributed by atoms with Crippen molar-refractivity contribution in [3.63, 3.8) is 0 Å². The number of Topliss-reactive ketones (excluding diaryl/α,β-unsaturated/α-hetero) is 1. The van der Waals surface area contributed by atoms with E-state index in [1.165, 1.54) is 50.0 Å². The van der Waals surface area contributed by atoms with Gasteiger partial charge in [-0.3, -0.25) is 14.5 Å². The average Bonchev–Trinajstić information content (AvgIpc) is 3.51. The molecular weight excluding hydrogens is 601 g/mol. The molecule has 3 aromatic rings. The SMILES string of the molecule is CCc1ccc(NC(=O)CSc2nnc(N3C(N)=C(C#N)C(c4cc(OC)c(OC)cc4OC)C4=C3CCCC4=O)s2)cc1. The van der Waals surface area contributed by atoms with Gasteiger partial charge in [0.15, 0.2) is 21.6 Å². The average molecular weight is 633 g/mol. The fourth-order valence-corrected chi connectivity index (χ4v) is 7.07. The number of nitrogens with two attached hydrogens (primary N) is 1. The first kappa shape index (κ1) is 30.9. The Kier molecular flexibility index (Phi) is 9.41. The van der Waals surface area contributed by atoms with Gasteiger partial charge >= 0.3 is 0 Å². The first-order valence-corrected chi connectivity index (χ1v) is 15.7. The lowest BCUT2D eigenvalue weighted by molar-refractivity contribution is -0.116. The highest BCUT2D eigenvalue weighted by molar-refractivity contribution is 8.01. The molecule has 1 unspecified atom stereocenters. The number of aromatic nitrogens is 2. The summed E-state index contributed by atoms with van der Waals surface area (Å²) in [4.78, 5) is 27.8. The third-order valence-electron chi connectivity index (χ3n) is 7.52. The quantitative estimate of drug-likeness (QED) is 0.285. The van der Waals surface area contributed by atoms with E-state index in [1.54, 1.807) is 17.0 Å². The van der Waals surface area contributed by atoms with Crippen molar-refractivity contribution in [1.29, 1.82) is 5.26 Å². The Morgan fingerprint density at radius 2 is 1.82 bits per heavy atom. The summed E-state index contributed by atoms with van der Waals surface area (Å²) < 4.78 is 17.2. The normalized spacial score (nSPS) is 16.4. The number of nitrogens with zero attached hydrogens (tertiary/aromatic N) is 4. The second-order valence-corrected chi connectivity index (χ2v) is 12.2. The fourth-order valence-electron chi connectivity index (χ4n) is 5.39. The Balaban J connectivity index is 1.46. The molecule has 44 heavy (non-hydrogen) atoms. The maximum Gasteiger partial charge on any atom is 0.234 e. The smallest absolute Gasteiger partial charge is 0.234 e. The van der Waals surface area contributed by atoms with Crippen LogP contribution in [-0.4, -0.2) is 49.0 Å². The lowest BCUT2D eigenvalue weighted by Crippen LogP contribution is -2.38. The van der Waals surface area contributed by atoms with Crippen LogP contribution in [-0.2, 0) is 16.0 Å². The molecule has 2 heterocycles. The highest BCUT2D eigenvalue weighted by Crippen LogP contribution is 2.50. The van der Waals surface area contributed by atoms with E-state index in [0.717, 1.165) is 12.1 Å². The van der Waals surface area contributed by atoms with E-state index in [9.17, 15) is 14.9 Å². The molecule has 0 bridgehead atoms. The van der Waals surface area contributed by atoms with E-state index in [2.05, 4.69) is 28.5 Å². The minimum Gasteiger partial charge on any atom is -0.496 e. The van der Waals surface area contributed by atoms with Gasteiger partial charge < -0.3 is 25.3 Å². The van der Waals surface area contributed by atoms with Crippen molar-refractivity contribution in [3.05, 3.63) is 70.2 Å². The van der Waals surface area contributed by atoms with E-state index in [0.29, 0.717) is 62.8 Å². The number of allylic oxidation sites excluding steroid dienone is 3. The second-order valence-electron chi connectivity index (χ2n) is 10.0. The molecule has 1 atom stereocenters. The molecule has 3 N–H and O–H groups in total. The minimum atomic E-state index is -0.773. The predicted octanol–water partition coefficient (Wildman–Crippen LogP) is 5.16. The summed E-state index contributed by atoms with van der Waals surface area (Å²) in [6.07, 6.45) is 2.44. The van der Waals surface area contributed by atoms with Crippen LogP contribution in [0, 0.1) is 11.3 Å². The number of hydrogen-bond acceptors (Lipinski definition) is 12. The largest absolute Gasteiger partial charge is 0.496 e. The first-order valence-electron chi connectivity index (χ1n) is 13.9. The molecule has 5 rings (SSSR count). The second kappa shape index (κ2) is 13.4. The summed E-state index contributed by atoms with van der Waals surface area (Å²) >= 11 is 2.48. The molecule has 228 valence electrons. The van der Waals surface area contributed by atoms with Gasteiger partial charge in [-0.15, -0.1) is 10.2 Å². The van der Waals surface area contributed by atoms with Crippen LogP contribution in [0.5, 0.6) is 17.2 Å². The predicted molar refractivity (Wildman–Crippen MR) is 169 cm³/mol. The van der Waals surface area contributed by atoms with Crippen molar-refractivity contribution in [2.45, 2.75) is 42.9 Å². The highest BCUT2D eigenvalue weighted by atomic mass is 32.2. The van der Waals surface area contributed by atoms with Crippen LogP contribution >= 0.6 is 23.1 Å². The van der Waals surface area contributed by atoms with Crippen molar-refractivity contribution in [1.82, 2.24) is 10.2 Å². The summed E-state index contributed by atoms with van der Waals surface area (Å²) in [5, 5.41) is 22.3. The number of methoxy groups -OCH3 is 3. The molecule has 2 aromatic carbocycles. The molecule has 1 amide bonds. The van der Waals surface area contributed by atoms with Gasteiger partial charge in [-0.2, -0.15) is 5.26 Å². The number of rotatable bonds is 10. The van der Waals surface area contributed by atoms with Crippen LogP contribution in [0.4, 0.5) is 10.8 Å². The molecule has 13 heteroatoms. The van der Waals surface area contributed by atoms with Crippen LogP contribution < -0.4 is 30.2 Å². The molecule has 1 aliphatic carbocycles. The van der Waals surface area contributed by atoms with Gasteiger partial charge in [-0.05, 0) is 43.0 Å². The number of carbonyl (C=O) groups excluding carboxylic acids is 2. The number of hydrogen-bond donors (Lipinski definition) is 2. The van der Waals surface area contributed by atoms with Crippen molar-refractivity contribution in [3.8, 4) is 23.3 Å². The van der Waals surface area contributed by atoms with Gasteiger partial charge in [0, 0.05) is 35.0 Å². The molecule has 2 aliphatic rings. The molecule has 1 aliphatic heterocycles. The summed E-state index contributed by atoms with van der Waals surface area (Å²) in [6.45, 7) is 2.08. The standard InChI is InChI=1S/C31H32N6O5S2/c1-5-17-9-11-18(12-10-17)34-26(39)16-43-31-36-35-30(44-31)37-21-7-6-8-22(38)28(21)27(20(15-32)29(37)33)19-13-24(41-3)25(42-4)14-23(19)40-2/h9-14,27H,5-8,16,33H2,1-4H3,(H,34,39). The van der Waals surface area contributed by atoms with Gasteiger partial charge in [-0.25, -0.2) is 0 Å². The molecule has 0 saturated carbocycles. The molecule has 0 radical (unpaired) electrons. The number of amides is 1. The van der Waals surface area contributed by atoms with E-state index < -0.39 is 5.92 Å². The summed E-state index contributed by atoms with van der Waals surface area (Å²) in [7, 11) is 4.55. The Morgan fingerprint density at radius 3 is 2.48 bits per heavy atom. The van der Waals surface area contributed by atoms with Crippen molar-refractivity contribution >= 4 is 45.6 Å². The number of carbonyl (C=O) groups is 2. The van der Waals surface area contributed by atoms with E-state index in [1.807, 2.05) is 24.3 Å². The molecule has 11 nitrogen and oxygen atoms in total. The Labute approximate surface area is 263 Å². The third kappa shape index (κ3) is 5.95. The maximum absolute atomic E-state index is 13.6. The molecule has 0 spiro atoms. The lowest BCUT2D eigenvalue weighted by atomic mass is 9.75. The Morgan fingerprint density at radius 1 is 1.11 bits per heavy atom. The number of ether oxygens (including phenoxy) is 3. The molecule has 0 fully saturated rings. The summed E-state index contributed by atoms with van der Waals surface area (Å²) in [5.41, 5.74) is 10.5. The van der Waals surface area contributed by atoms with E-state index >= 15 is 0 Å². The zero-order chi connectivity index (χ0) is 31.4. The number of nitrogens with one attached hydrogen (secondary N) is 1. The summed E-state index contributed by atoms with van der Waals surface area (Å²) in [6, 6.07) is 13.4. The number of aryl methyl sites for hydroxylation is 1. The number of anilines is 2. The highest BCUT2D eigenvalue weighted by Gasteiger charge is 2.42. The fraction of sp³-hybridized carbons (Fsp3) is 0.323. The van der Waals surface area contributed by atoms with Gasteiger partial charge in [-0.1, -0.05) is 42.2 Å². The van der Waals surface area contributed by atoms with E-state index in [-0.39, 0.29) is 28.8 Å². The molecular formula is C31H32N6O5S2. The zero-order valence-corrected chi connectivity index (χ0v) is 26.4. The van der Waals surface area contributed by atoms with Crippen molar-refractivity contribution in [2.24, 2.45) is 5.73 Å². The van der Waals surface area contributed by atoms with Crippen LogP contribution in [0.1, 0.15) is 43.2 Å². The zero-order valence-electron chi connectivity index (χ0n) is 24.8.